The molecular formula is C14H14N4. The van der Waals surface area contributed by atoms with E-state index >= 15 is 0 Å². The Morgan fingerprint density at radius 3 is 2.83 bits per heavy atom. The molecule has 90 valence electrons. The van der Waals surface area contributed by atoms with E-state index < -0.39 is 0 Å². The lowest BCUT2D eigenvalue weighted by Gasteiger charge is -2.10. The van der Waals surface area contributed by atoms with Gasteiger partial charge in [0.05, 0.1) is 11.8 Å². The molecule has 0 atom stereocenters. The number of rotatable bonds is 3. The van der Waals surface area contributed by atoms with Crippen molar-refractivity contribution in [3.05, 3.63) is 47.7 Å². The maximum absolute atomic E-state index is 8.98. The number of nitrogens with one attached hydrogen (secondary N) is 1. The van der Waals surface area contributed by atoms with Crippen molar-refractivity contribution in [2.75, 3.05) is 5.32 Å². The molecule has 0 amide bonds. The molecule has 1 aromatic carbocycles. The number of nitriles is 1. The van der Waals surface area contributed by atoms with E-state index in [1.807, 2.05) is 12.1 Å². The largest absolute Gasteiger partial charge is 0.338 e. The number of nitrogens with zero attached hydrogens (tertiary/aromatic N) is 3. The Morgan fingerprint density at radius 1 is 1.28 bits per heavy atom. The highest BCUT2D eigenvalue weighted by Crippen LogP contribution is 2.21. The molecule has 1 aromatic heterocycles. The summed E-state index contributed by atoms with van der Waals surface area (Å²) in [5.74, 6) is 0.949. The molecule has 0 aliphatic carbocycles. The predicted molar refractivity (Wildman–Crippen MR) is 70.6 cm³/mol. The lowest BCUT2D eigenvalue weighted by molar-refractivity contribution is 0.867. The van der Waals surface area contributed by atoms with Gasteiger partial charge in [-0.3, -0.25) is 0 Å². The van der Waals surface area contributed by atoms with E-state index in [1.165, 1.54) is 11.8 Å². The molecule has 0 fully saturated rings. The smallest absolute Gasteiger partial charge is 0.171 e. The van der Waals surface area contributed by atoms with E-state index in [2.05, 4.69) is 47.6 Å². The number of aromatic nitrogens is 2. The van der Waals surface area contributed by atoms with Gasteiger partial charge in [0.25, 0.3) is 0 Å². The van der Waals surface area contributed by atoms with Gasteiger partial charge in [0.15, 0.2) is 5.82 Å². The molecule has 2 aromatic rings. The molecule has 0 radical (unpaired) electrons. The van der Waals surface area contributed by atoms with Crippen LogP contribution in [-0.2, 0) is 0 Å². The molecular weight excluding hydrogens is 224 g/mol. The van der Waals surface area contributed by atoms with Crippen LogP contribution in [0.25, 0.3) is 0 Å². The summed E-state index contributed by atoms with van der Waals surface area (Å²) >= 11 is 0. The third-order valence-corrected chi connectivity index (χ3v) is 2.66. The Labute approximate surface area is 106 Å². The lowest BCUT2D eigenvalue weighted by Crippen LogP contribution is -1.99. The van der Waals surface area contributed by atoms with Gasteiger partial charge >= 0.3 is 0 Å². The fraction of sp³-hybridized carbons (Fsp3) is 0.214. The summed E-state index contributed by atoms with van der Waals surface area (Å²) in [6, 6.07) is 11.8. The molecule has 1 N–H and O–H groups in total. The van der Waals surface area contributed by atoms with E-state index in [-0.39, 0.29) is 0 Å². The Balaban J connectivity index is 2.29. The van der Waals surface area contributed by atoms with Gasteiger partial charge in [0.2, 0.25) is 0 Å². The Morgan fingerprint density at radius 2 is 2.11 bits per heavy atom. The summed E-state index contributed by atoms with van der Waals surface area (Å²) < 4.78 is 0. The van der Waals surface area contributed by atoms with Gasteiger partial charge in [-0.25, -0.2) is 0 Å². The number of hydrogen-bond acceptors (Lipinski definition) is 4. The molecule has 0 spiro atoms. The Hall–Kier alpha value is -2.41. The fourth-order valence-electron chi connectivity index (χ4n) is 1.63. The van der Waals surface area contributed by atoms with Crippen LogP contribution in [0.4, 0.5) is 11.5 Å². The van der Waals surface area contributed by atoms with Crippen molar-refractivity contribution in [2.24, 2.45) is 0 Å². The van der Waals surface area contributed by atoms with Crippen LogP contribution in [0.1, 0.15) is 30.9 Å². The zero-order chi connectivity index (χ0) is 13.0. The maximum Gasteiger partial charge on any atom is 0.171 e. The number of benzene rings is 1. The van der Waals surface area contributed by atoms with E-state index in [1.54, 1.807) is 6.07 Å². The monoisotopic (exact) mass is 238 g/mol. The Kier molecular flexibility index (Phi) is 3.54. The second-order valence-corrected chi connectivity index (χ2v) is 4.31. The van der Waals surface area contributed by atoms with Gasteiger partial charge in [-0.1, -0.05) is 26.0 Å². The summed E-state index contributed by atoms with van der Waals surface area (Å²) in [6.07, 6.45) is 1.51. The van der Waals surface area contributed by atoms with E-state index in [0.29, 0.717) is 17.3 Å². The highest BCUT2D eigenvalue weighted by molar-refractivity contribution is 5.62. The van der Waals surface area contributed by atoms with Gasteiger partial charge < -0.3 is 5.32 Å². The Bertz CT molecular complexity index is 584. The summed E-state index contributed by atoms with van der Waals surface area (Å²) in [7, 11) is 0. The molecule has 1 heterocycles. The normalized spacial score (nSPS) is 10.1. The molecule has 18 heavy (non-hydrogen) atoms. The van der Waals surface area contributed by atoms with Gasteiger partial charge in [-0.15, -0.1) is 5.10 Å². The topological polar surface area (TPSA) is 61.6 Å². The average Bonchev–Trinajstić information content (AvgIpc) is 2.39. The van der Waals surface area contributed by atoms with Crippen LogP contribution >= 0.6 is 0 Å². The third-order valence-electron chi connectivity index (χ3n) is 2.66. The van der Waals surface area contributed by atoms with Crippen molar-refractivity contribution in [1.29, 1.82) is 5.26 Å². The van der Waals surface area contributed by atoms with Crippen LogP contribution < -0.4 is 5.32 Å². The highest BCUT2D eigenvalue weighted by Gasteiger charge is 2.05. The van der Waals surface area contributed by atoms with Crippen molar-refractivity contribution in [1.82, 2.24) is 10.2 Å². The van der Waals surface area contributed by atoms with Crippen molar-refractivity contribution >= 4 is 11.5 Å². The fourth-order valence-corrected chi connectivity index (χ4v) is 1.63. The van der Waals surface area contributed by atoms with Crippen molar-refractivity contribution in [3.8, 4) is 6.07 Å². The minimum absolute atomic E-state index is 0.462. The standard InChI is InChI=1S/C14H14N4/c1-10(2)11-4-3-5-13(8-11)17-14-12(9-15)6-7-16-18-14/h3-8,10H,1-2H3,(H,17,18). The highest BCUT2D eigenvalue weighted by atomic mass is 15.2. The molecule has 0 saturated carbocycles. The maximum atomic E-state index is 8.98. The van der Waals surface area contributed by atoms with Crippen molar-refractivity contribution in [2.45, 2.75) is 19.8 Å². The molecule has 2 rings (SSSR count). The van der Waals surface area contributed by atoms with Gasteiger partial charge in [-0.05, 0) is 29.7 Å². The van der Waals surface area contributed by atoms with Crippen LogP contribution in [0.3, 0.4) is 0 Å². The minimum Gasteiger partial charge on any atom is -0.338 e. The van der Waals surface area contributed by atoms with E-state index in [4.69, 9.17) is 5.26 Å². The molecule has 0 saturated heterocycles. The van der Waals surface area contributed by atoms with Crippen LogP contribution in [0.15, 0.2) is 36.5 Å². The SMILES string of the molecule is CC(C)c1cccc(Nc2nnccc2C#N)c1. The first-order valence-electron chi connectivity index (χ1n) is 5.79. The summed E-state index contributed by atoms with van der Waals surface area (Å²) in [5.41, 5.74) is 2.64. The van der Waals surface area contributed by atoms with Crippen molar-refractivity contribution in [3.63, 3.8) is 0 Å². The number of anilines is 2. The van der Waals surface area contributed by atoms with Gasteiger partial charge in [-0.2, -0.15) is 10.4 Å². The lowest BCUT2D eigenvalue weighted by atomic mass is 10.0. The summed E-state index contributed by atoms with van der Waals surface area (Å²) in [6.45, 7) is 4.28. The first-order valence-corrected chi connectivity index (χ1v) is 5.79. The molecule has 4 heteroatoms. The summed E-state index contributed by atoms with van der Waals surface area (Å²) in [5, 5.41) is 19.8. The number of hydrogen-bond donors (Lipinski definition) is 1. The van der Waals surface area contributed by atoms with E-state index in [9.17, 15) is 0 Å². The molecule has 0 aliphatic heterocycles. The minimum atomic E-state index is 0.462. The van der Waals surface area contributed by atoms with Crippen LogP contribution in [0, 0.1) is 11.3 Å². The zero-order valence-corrected chi connectivity index (χ0v) is 10.4. The summed E-state index contributed by atoms with van der Waals surface area (Å²) in [4.78, 5) is 0. The first kappa shape index (κ1) is 12.1. The van der Waals surface area contributed by atoms with Gasteiger partial charge in [0, 0.05) is 5.69 Å². The van der Waals surface area contributed by atoms with Crippen LogP contribution in [0.5, 0.6) is 0 Å². The van der Waals surface area contributed by atoms with Crippen molar-refractivity contribution < 1.29 is 0 Å². The van der Waals surface area contributed by atoms with Crippen LogP contribution in [0.2, 0.25) is 0 Å². The molecule has 0 bridgehead atoms. The second-order valence-electron chi connectivity index (χ2n) is 4.31. The van der Waals surface area contributed by atoms with Gasteiger partial charge in [0.1, 0.15) is 6.07 Å². The average molecular weight is 238 g/mol. The quantitative estimate of drug-likeness (QED) is 0.891. The second kappa shape index (κ2) is 5.28. The molecule has 4 nitrogen and oxygen atoms in total. The zero-order valence-electron chi connectivity index (χ0n) is 10.4. The molecule has 0 aliphatic rings. The van der Waals surface area contributed by atoms with E-state index in [0.717, 1.165) is 5.69 Å². The predicted octanol–water partition coefficient (Wildman–Crippen LogP) is 3.22. The van der Waals surface area contributed by atoms with Crippen LogP contribution in [-0.4, -0.2) is 10.2 Å². The third kappa shape index (κ3) is 2.64. The first-order chi connectivity index (χ1) is 8.70. The molecule has 0 unspecified atom stereocenters.